The van der Waals surface area contributed by atoms with Gasteiger partial charge in [0.05, 0.1) is 22.1 Å². The summed E-state index contributed by atoms with van der Waals surface area (Å²) in [4.78, 5) is 4.73. The second-order valence-electron chi connectivity index (χ2n) is 5.34. The predicted molar refractivity (Wildman–Crippen MR) is 92.5 cm³/mol. The fourth-order valence-corrected chi connectivity index (χ4v) is 3.22. The number of hydrogen-bond acceptors (Lipinski definition) is 1. The first-order valence-corrected chi connectivity index (χ1v) is 8.10. The van der Waals surface area contributed by atoms with Crippen LogP contribution in [0.15, 0.2) is 40.9 Å². The molecule has 0 aliphatic carbocycles. The van der Waals surface area contributed by atoms with Gasteiger partial charge in [0, 0.05) is 4.47 Å². The van der Waals surface area contributed by atoms with E-state index in [4.69, 9.17) is 16.6 Å². The van der Waals surface area contributed by atoms with Gasteiger partial charge in [-0.2, -0.15) is 0 Å². The van der Waals surface area contributed by atoms with Gasteiger partial charge in [0.15, 0.2) is 0 Å². The molecule has 0 saturated heterocycles. The lowest BCUT2D eigenvalue weighted by molar-refractivity contribution is 0.878. The highest BCUT2D eigenvalue weighted by atomic mass is 79.9. The standard InChI is InChI=1S/C17H16BrClN2/c1-10-4-6-16-14(8-10)20-17(12(3)19)21(16)15-7-5-13(18)9-11(15)2/h4-9,12H,1-3H3. The van der Waals surface area contributed by atoms with Crippen molar-refractivity contribution in [3.63, 3.8) is 0 Å². The minimum Gasteiger partial charge on any atom is -0.295 e. The number of hydrogen-bond donors (Lipinski definition) is 0. The molecule has 0 aliphatic rings. The number of nitrogens with zero attached hydrogens (tertiary/aromatic N) is 2. The summed E-state index contributed by atoms with van der Waals surface area (Å²) in [5.41, 5.74) is 5.58. The fourth-order valence-electron chi connectivity index (χ4n) is 2.60. The third-order valence-electron chi connectivity index (χ3n) is 3.59. The van der Waals surface area contributed by atoms with Crippen LogP contribution >= 0.6 is 27.5 Å². The van der Waals surface area contributed by atoms with Gasteiger partial charge in [0.2, 0.25) is 0 Å². The Morgan fingerprint density at radius 3 is 2.57 bits per heavy atom. The lowest BCUT2D eigenvalue weighted by atomic mass is 10.2. The molecule has 21 heavy (non-hydrogen) atoms. The van der Waals surface area contributed by atoms with Crippen molar-refractivity contribution in [3.8, 4) is 5.69 Å². The van der Waals surface area contributed by atoms with Crippen molar-refractivity contribution < 1.29 is 0 Å². The molecule has 0 fully saturated rings. The van der Waals surface area contributed by atoms with E-state index in [1.54, 1.807) is 0 Å². The molecule has 1 unspecified atom stereocenters. The van der Waals surface area contributed by atoms with Crippen molar-refractivity contribution in [2.75, 3.05) is 0 Å². The van der Waals surface area contributed by atoms with Gasteiger partial charge in [0.25, 0.3) is 0 Å². The Morgan fingerprint density at radius 2 is 1.90 bits per heavy atom. The van der Waals surface area contributed by atoms with E-state index in [0.717, 1.165) is 27.0 Å². The molecule has 1 aromatic heterocycles. The zero-order chi connectivity index (χ0) is 15.1. The van der Waals surface area contributed by atoms with Crippen LogP contribution in [0.3, 0.4) is 0 Å². The normalized spacial score (nSPS) is 12.8. The van der Waals surface area contributed by atoms with Crippen LogP contribution < -0.4 is 0 Å². The van der Waals surface area contributed by atoms with Crippen LogP contribution in [0.5, 0.6) is 0 Å². The van der Waals surface area contributed by atoms with Gasteiger partial charge in [-0.1, -0.05) is 22.0 Å². The molecule has 108 valence electrons. The third-order valence-corrected chi connectivity index (χ3v) is 4.28. The van der Waals surface area contributed by atoms with Crippen molar-refractivity contribution in [2.45, 2.75) is 26.1 Å². The first kappa shape index (κ1) is 14.6. The Labute approximate surface area is 137 Å². The lowest BCUT2D eigenvalue weighted by Gasteiger charge is -2.13. The zero-order valence-electron chi connectivity index (χ0n) is 12.2. The first-order valence-electron chi connectivity index (χ1n) is 6.87. The third kappa shape index (κ3) is 2.60. The first-order chi connectivity index (χ1) is 9.97. The van der Waals surface area contributed by atoms with Crippen LogP contribution in [-0.2, 0) is 0 Å². The Kier molecular flexibility index (Phi) is 3.80. The van der Waals surface area contributed by atoms with E-state index in [9.17, 15) is 0 Å². The molecule has 0 spiro atoms. The minimum absolute atomic E-state index is 0.152. The van der Waals surface area contributed by atoms with Crippen molar-refractivity contribution in [2.24, 2.45) is 0 Å². The summed E-state index contributed by atoms with van der Waals surface area (Å²) in [7, 11) is 0. The molecule has 2 aromatic carbocycles. The molecular formula is C17H16BrClN2. The highest BCUT2D eigenvalue weighted by Crippen LogP contribution is 2.30. The molecule has 1 heterocycles. The monoisotopic (exact) mass is 362 g/mol. The van der Waals surface area contributed by atoms with Gasteiger partial charge >= 0.3 is 0 Å². The summed E-state index contributed by atoms with van der Waals surface area (Å²) in [6.07, 6.45) is 0. The molecule has 0 aliphatic heterocycles. The number of imidazole rings is 1. The summed E-state index contributed by atoms with van der Waals surface area (Å²) < 4.78 is 3.23. The van der Waals surface area contributed by atoms with Gasteiger partial charge in [-0.25, -0.2) is 4.98 Å². The molecule has 3 rings (SSSR count). The van der Waals surface area contributed by atoms with Gasteiger partial charge in [0.1, 0.15) is 5.82 Å². The number of rotatable bonds is 2. The van der Waals surface area contributed by atoms with Crippen molar-refractivity contribution in [3.05, 3.63) is 57.8 Å². The molecule has 3 aromatic rings. The van der Waals surface area contributed by atoms with E-state index in [2.05, 4.69) is 64.7 Å². The molecule has 0 bridgehead atoms. The van der Waals surface area contributed by atoms with Crippen LogP contribution in [-0.4, -0.2) is 9.55 Å². The van der Waals surface area contributed by atoms with Crippen LogP contribution in [0.2, 0.25) is 0 Å². The second-order valence-corrected chi connectivity index (χ2v) is 6.91. The fraction of sp³-hybridized carbons (Fsp3) is 0.235. The predicted octanol–water partition coefficient (Wildman–Crippen LogP) is 5.70. The minimum atomic E-state index is -0.152. The van der Waals surface area contributed by atoms with Gasteiger partial charge in [-0.05, 0) is 62.2 Å². The molecule has 1 atom stereocenters. The molecule has 4 heteroatoms. The SMILES string of the molecule is Cc1ccc2c(c1)nc(C(C)Cl)n2-c1ccc(Br)cc1C. The maximum Gasteiger partial charge on any atom is 0.132 e. The quantitative estimate of drug-likeness (QED) is 0.534. The van der Waals surface area contributed by atoms with E-state index >= 15 is 0 Å². The van der Waals surface area contributed by atoms with Crippen LogP contribution in [0.1, 0.15) is 29.3 Å². The Bertz CT molecular complexity index is 821. The summed E-state index contributed by atoms with van der Waals surface area (Å²) in [5, 5.41) is -0.152. The summed E-state index contributed by atoms with van der Waals surface area (Å²) in [6.45, 7) is 6.14. The average Bonchev–Trinajstić information content (AvgIpc) is 2.77. The number of benzene rings is 2. The number of aryl methyl sites for hydroxylation is 2. The van der Waals surface area contributed by atoms with Crippen LogP contribution in [0, 0.1) is 13.8 Å². The van der Waals surface area contributed by atoms with Gasteiger partial charge < -0.3 is 0 Å². The number of aromatic nitrogens is 2. The summed E-state index contributed by atoms with van der Waals surface area (Å²) in [5.74, 6) is 0.877. The molecule has 0 saturated carbocycles. The van der Waals surface area contributed by atoms with Gasteiger partial charge in [-0.3, -0.25) is 4.57 Å². The van der Waals surface area contributed by atoms with Crippen molar-refractivity contribution in [1.29, 1.82) is 0 Å². The van der Waals surface area contributed by atoms with E-state index in [0.29, 0.717) is 0 Å². The summed E-state index contributed by atoms with van der Waals surface area (Å²) >= 11 is 9.88. The largest absolute Gasteiger partial charge is 0.295 e. The zero-order valence-corrected chi connectivity index (χ0v) is 14.5. The van der Waals surface area contributed by atoms with E-state index < -0.39 is 0 Å². The molecule has 0 amide bonds. The van der Waals surface area contributed by atoms with Gasteiger partial charge in [-0.15, -0.1) is 11.6 Å². The Morgan fingerprint density at radius 1 is 1.14 bits per heavy atom. The second kappa shape index (κ2) is 5.47. The highest BCUT2D eigenvalue weighted by Gasteiger charge is 2.17. The topological polar surface area (TPSA) is 17.8 Å². The number of alkyl halides is 1. The Balaban J connectivity index is 2.36. The summed E-state index contributed by atoms with van der Waals surface area (Å²) in [6, 6.07) is 12.6. The highest BCUT2D eigenvalue weighted by molar-refractivity contribution is 9.10. The molecule has 0 radical (unpaired) electrons. The van der Waals surface area contributed by atoms with Crippen LogP contribution in [0.4, 0.5) is 0 Å². The maximum atomic E-state index is 6.36. The number of fused-ring (bicyclic) bond motifs is 1. The van der Waals surface area contributed by atoms with E-state index in [1.807, 2.05) is 13.0 Å². The molecule has 0 N–H and O–H groups in total. The lowest BCUT2D eigenvalue weighted by Crippen LogP contribution is -2.03. The molecular weight excluding hydrogens is 348 g/mol. The van der Waals surface area contributed by atoms with Crippen molar-refractivity contribution >= 4 is 38.6 Å². The van der Waals surface area contributed by atoms with Crippen LogP contribution in [0.25, 0.3) is 16.7 Å². The average molecular weight is 364 g/mol. The smallest absolute Gasteiger partial charge is 0.132 e. The van der Waals surface area contributed by atoms with Crippen molar-refractivity contribution in [1.82, 2.24) is 9.55 Å². The Hall–Kier alpha value is -1.32. The number of halogens is 2. The maximum absolute atomic E-state index is 6.36. The van der Waals surface area contributed by atoms with E-state index in [1.165, 1.54) is 11.1 Å². The van der Waals surface area contributed by atoms with E-state index in [-0.39, 0.29) is 5.38 Å². The molecule has 2 nitrogen and oxygen atoms in total.